The number of nitrogens with one attached hydrogen (secondary N) is 1. The van der Waals surface area contributed by atoms with Gasteiger partial charge in [-0.3, -0.25) is 14.8 Å². The van der Waals surface area contributed by atoms with Gasteiger partial charge in [-0.05, 0) is 44.9 Å². The third-order valence-corrected chi connectivity index (χ3v) is 6.03. The third-order valence-electron chi connectivity index (χ3n) is 6.03. The van der Waals surface area contributed by atoms with Crippen LogP contribution in [0.5, 0.6) is 0 Å². The molecule has 2 saturated heterocycles. The molecule has 1 N–H and O–H groups in total. The summed E-state index contributed by atoms with van der Waals surface area (Å²) < 4.78 is 0. The number of aromatic nitrogens is 2. The van der Waals surface area contributed by atoms with Gasteiger partial charge in [0.1, 0.15) is 0 Å². The largest absolute Gasteiger partial charge is 0.336 e. The molecule has 1 aromatic heterocycles. The van der Waals surface area contributed by atoms with E-state index in [2.05, 4.69) is 22.2 Å². The van der Waals surface area contributed by atoms with Crippen LogP contribution in [0.1, 0.15) is 57.3 Å². The van der Waals surface area contributed by atoms with Crippen LogP contribution in [0, 0.1) is 12.3 Å². The van der Waals surface area contributed by atoms with E-state index in [1.807, 2.05) is 23.6 Å². The molecule has 2 aliphatic rings. The molecule has 2 aliphatic heterocycles. The van der Waals surface area contributed by atoms with E-state index in [-0.39, 0.29) is 23.4 Å². The molecule has 0 aliphatic carbocycles. The van der Waals surface area contributed by atoms with Crippen molar-refractivity contribution in [3.63, 3.8) is 0 Å². The summed E-state index contributed by atoms with van der Waals surface area (Å²) >= 11 is 0. The van der Waals surface area contributed by atoms with E-state index in [0.717, 1.165) is 56.7 Å². The van der Waals surface area contributed by atoms with Crippen molar-refractivity contribution in [1.82, 2.24) is 25.1 Å². The van der Waals surface area contributed by atoms with Gasteiger partial charge in [-0.25, -0.2) is 4.79 Å². The summed E-state index contributed by atoms with van der Waals surface area (Å²) in [5.41, 5.74) is 1.83. The second-order valence-electron chi connectivity index (χ2n) is 8.14. The Morgan fingerprint density at radius 2 is 2.00 bits per heavy atom. The normalized spacial score (nSPS) is 20.6. The summed E-state index contributed by atoms with van der Waals surface area (Å²) in [5, 5.41) is 3.05. The molecule has 0 radical (unpaired) electrons. The second-order valence-corrected chi connectivity index (χ2v) is 8.14. The van der Waals surface area contributed by atoms with Crippen molar-refractivity contribution in [2.24, 2.45) is 5.41 Å². The maximum atomic E-state index is 12.4. The lowest BCUT2D eigenvalue weighted by Crippen LogP contribution is -2.54. The van der Waals surface area contributed by atoms with E-state index in [9.17, 15) is 9.59 Å². The molecular weight excluding hydrogens is 342 g/mol. The highest BCUT2D eigenvalue weighted by Gasteiger charge is 2.41. The van der Waals surface area contributed by atoms with Gasteiger partial charge in [0.05, 0.1) is 24.1 Å². The first-order valence-electron chi connectivity index (χ1n) is 10.0. The second kappa shape index (κ2) is 8.23. The lowest BCUT2D eigenvalue weighted by Gasteiger charge is -2.47. The summed E-state index contributed by atoms with van der Waals surface area (Å²) in [6, 6.07) is 0.240. The number of carbonyl (C=O) groups excluding carboxylic acids is 2. The van der Waals surface area contributed by atoms with E-state index in [0.29, 0.717) is 13.0 Å². The molecule has 0 saturated carbocycles. The number of likely N-dealkylation sites (tertiary alicyclic amines) is 2. The zero-order valence-corrected chi connectivity index (χ0v) is 16.7. The molecule has 1 atom stereocenters. The molecule has 3 amide bonds. The topological polar surface area (TPSA) is 78.4 Å². The molecule has 2 fully saturated rings. The molecule has 148 valence electrons. The van der Waals surface area contributed by atoms with Gasteiger partial charge in [0.25, 0.3) is 0 Å². The quantitative estimate of drug-likeness (QED) is 0.879. The maximum absolute atomic E-state index is 12.4. The standard InChI is InChI=1S/C20H31N5O2/c1-4-15(2)23-19(27)24-9-7-20(8-10-24)6-5-18(26)25(14-20)13-17-12-21-16(3)11-22-17/h11-12,15H,4-10,13-14H2,1-3H3,(H,23,27). The lowest BCUT2D eigenvalue weighted by molar-refractivity contribution is -0.139. The van der Waals surface area contributed by atoms with Crippen molar-refractivity contribution < 1.29 is 9.59 Å². The smallest absolute Gasteiger partial charge is 0.317 e. The van der Waals surface area contributed by atoms with E-state index in [1.54, 1.807) is 12.4 Å². The van der Waals surface area contributed by atoms with Crippen molar-refractivity contribution in [2.45, 2.75) is 65.5 Å². The molecule has 1 unspecified atom stereocenters. The molecule has 3 heterocycles. The summed E-state index contributed by atoms with van der Waals surface area (Å²) in [6.45, 7) is 8.80. The highest BCUT2D eigenvalue weighted by molar-refractivity contribution is 5.77. The Bertz CT molecular complexity index is 667. The van der Waals surface area contributed by atoms with Gasteiger partial charge in [-0.15, -0.1) is 0 Å². The zero-order valence-electron chi connectivity index (χ0n) is 16.7. The predicted octanol–water partition coefficient (Wildman–Crippen LogP) is 2.50. The number of amides is 3. The highest BCUT2D eigenvalue weighted by atomic mass is 16.2. The Hall–Kier alpha value is -2.18. The first kappa shape index (κ1) is 19.6. The van der Waals surface area contributed by atoms with E-state index in [1.165, 1.54) is 0 Å². The van der Waals surface area contributed by atoms with Gasteiger partial charge in [0, 0.05) is 38.3 Å². The summed E-state index contributed by atoms with van der Waals surface area (Å²) in [5.74, 6) is 0.194. The SMILES string of the molecule is CCC(C)NC(=O)N1CCC2(CCC(=O)N(Cc3cnc(C)cn3)C2)CC1. The Kier molecular flexibility index (Phi) is 5.97. The number of hydrogen-bond acceptors (Lipinski definition) is 4. The maximum Gasteiger partial charge on any atom is 0.317 e. The van der Waals surface area contributed by atoms with Gasteiger partial charge < -0.3 is 15.1 Å². The van der Waals surface area contributed by atoms with Gasteiger partial charge >= 0.3 is 6.03 Å². The average Bonchev–Trinajstić information content (AvgIpc) is 2.67. The first-order chi connectivity index (χ1) is 12.9. The lowest BCUT2D eigenvalue weighted by atomic mass is 9.72. The molecule has 3 rings (SSSR count). The number of aryl methyl sites for hydroxylation is 1. The van der Waals surface area contributed by atoms with Crippen molar-refractivity contribution in [3.05, 3.63) is 23.8 Å². The van der Waals surface area contributed by atoms with Gasteiger partial charge in [0.2, 0.25) is 5.91 Å². The van der Waals surface area contributed by atoms with Crippen LogP contribution in [0.25, 0.3) is 0 Å². The number of nitrogens with zero attached hydrogens (tertiary/aromatic N) is 4. The average molecular weight is 374 g/mol. The highest BCUT2D eigenvalue weighted by Crippen LogP contribution is 2.40. The molecule has 0 aromatic carbocycles. The Morgan fingerprint density at radius 3 is 2.63 bits per heavy atom. The van der Waals surface area contributed by atoms with Crippen LogP contribution in [0.4, 0.5) is 4.79 Å². The van der Waals surface area contributed by atoms with Gasteiger partial charge in [0.15, 0.2) is 0 Å². The molecule has 1 spiro atoms. The van der Waals surface area contributed by atoms with Crippen LogP contribution < -0.4 is 5.32 Å². The first-order valence-corrected chi connectivity index (χ1v) is 10.0. The molecule has 0 bridgehead atoms. The fraction of sp³-hybridized carbons (Fsp3) is 0.700. The molecule has 7 nitrogen and oxygen atoms in total. The van der Waals surface area contributed by atoms with Crippen LogP contribution in [-0.4, -0.2) is 57.4 Å². The Balaban J connectivity index is 1.58. The van der Waals surface area contributed by atoms with Gasteiger partial charge in [-0.2, -0.15) is 0 Å². The monoisotopic (exact) mass is 373 g/mol. The number of hydrogen-bond donors (Lipinski definition) is 1. The Morgan fingerprint density at radius 1 is 1.26 bits per heavy atom. The molecule has 1 aromatic rings. The fourth-order valence-electron chi connectivity index (χ4n) is 3.94. The third kappa shape index (κ3) is 4.76. The minimum atomic E-state index is 0.0397. The van der Waals surface area contributed by atoms with Crippen LogP contribution in [0.15, 0.2) is 12.4 Å². The predicted molar refractivity (Wildman–Crippen MR) is 103 cm³/mol. The van der Waals surface area contributed by atoms with Crippen LogP contribution in [0.3, 0.4) is 0 Å². The van der Waals surface area contributed by atoms with Crippen molar-refractivity contribution in [2.75, 3.05) is 19.6 Å². The minimum Gasteiger partial charge on any atom is -0.336 e. The number of rotatable bonds is 4. The summed E-state index contributed by atoms with van der Waals surface area (Å²) in [4.78, 5) is 37.3. The number of piperidine rings is 2. The van der Waals surface area contributed by atoms with E-state index < -0.39 is 0 Å². The van der Waals surface area contributed by atoms with Crippen LogP contribution in [-0.2, 0) is 11.3 Å². The summed E-state index contributed by atoms with van der Waals surface area (Å²) in [7, 11) is 0. The number of urea groups is 1. The molecule has 27 heavy (non-hydrogen) atoms. The van der Waals surface area contributed by atoms with Crippen molar-refractivity contribution in [1.29, 1.82) is 0 Å². The molecular formula is C20H31N5O2. The van der Waals surface area contributed by atoms with Crippen molar-refractivity contribution in [3.8, 4) is 0 Å². The van der Waals surface area contributed by atoms with Crippen LogP contribution >= 0.6 is 0 Å². The molecule has 7 heteroatoms. The number of carbonyl (C=O) groups is 2. The van der Waals surface area contributed by atoms with E-state index >= 15 is 0 Å². The summed E-state index contributed by atoms with van der Waals surface area (Å²) in [6.07, 6.45) is 7.83. The minimum absolute atomic E-state index is 0.0397. The Labute approximate surface area is 161 Å². The fourth-order valence-corrected chi connectivity index (χ4v) is 3.94. The van der Waals surface area contributed by atoms with Gasteiger partial charge in [-0.1, -0.05) is 6.92 Å². The van der Waals surface area contributed by atoms with Crippen molar-refractivity contribution >= 4 is 11.9 Å². The van der Waals surface area contributed by atoms with E-state index in [4.69, 9.17) is 0 Å². The van der Waals surface area contributed by atoms with Crippen LogP contribution in [0.2, 0.25) is 0 Å². The zero-order chi connectivity index (χ0) is 19.4.